The van der Waals surface area contributed by atoms with E-state index in [4.69, 9.17) is 9.95 Å². The van der Waals surface area contributed by atoms with Crippen LogP contribution in [0.2, 0.25) is 0 Å². The van der Waals surface area contributed by atoms with E-state index in [1.807, 2.05) is 13.8 Å². The lowest BCUT2D eigenvalue weighted by molar-refractivity contribution is -0.276. The number of furan rings is 1. The maximum absolute atomic E-state index is 10.7. The van der Waals surface area contributed by atoms with Gasteiger partial charge in [0.2, 0.25) is 4.91 Å². The van der Waals surface area contributed by atoms with Crippen LogP contribution in [0.4, 0.5) is 4.79 Å². The summed E-state index contributed by atoms with van der Waals surface area (Å²) >= 11 is 0. The van der Waals surface area contributed by atoms with Gasteiger partial charge in [-0.2, -0.15) is 0 Å². The highest BCUT2D eigenvalue weighted by atomic mass is 16.4. The number of nitrogens with one attached hydrogen (secondary N) is 1. The van der Waals surface area contributed by atoms with Crippen molar-refractivity contribution in [2.24, 2.45) is 10.5 Å². The molecule has 7 nitrogen and oxygen atoms in total. The van der Waals surface area contributed by atoms with E-state index in [0.717, 1.165) is 5.76 Å². The van der Waals surface area contributed by atoms with Gasteiger partial charge in [0, 0.05) is 18.5 Å². The third-order valence-electron chi connectivity index (χ3n) is 3.23. The largest absolute Gasteiger partial charge is 0.530 e. The Morgan fingerprint density at radius 2 is 2.33 bits per heavy atom. The molecule has 0 aliphatic carbocycles. The molecule has 0 aromatic carbocycles. The summed E-state index contributed by atoms with van der Waals surface area (Å²) < 4.78 is 5.50. The van der Waals surface area contributed by atoms with Crippen molar-refractivity contribution in [3.05, 3.63) is 23.7 Å². The molecule has 1 unspecified atom stereocenters. The molecule has 1 aromatic heterocycles. The van der Waals surface area contributed by atoms with Crippen molar-refractivity contribution < 1.29 is 14.3 Å². The second-order valence-electron chi connectivity index (χ2n) is 4.84. The predicted octanol–water partition coefficient (Wildman–Crippen LogP) is 0.845. The van der Waals surface area contributed by atoms with E-state index in [0.29, 0.717) is 18.8 Å². The van der Waals surface area contributed by atoms with Crippen molar-refractivity contribution in [2.75, 3.05) is 13.1 Å². The molecule has 1 aliphatic rings. The van der Waals surface area contributed by atoms with Crippen LogP contribution in [-0.4, -0.2) is 24.1 Å². The number of carboxylic acid groups (broad SMARTS) is 1. The molecule has 0 saturated carbocycles. The maximum Gasteiger partial charge on any atom is 0.214 e. The van der Waals surface area contributed by atoms with Crippen LogP contribution in [0.3, 0.4) is 0 Å². The first-order valence-corrected chi connectivity index (χ1v) is 5.55. The van der Waals surface area contributed by atoms with Crippen LogP contribution in [0.1, 0.15) is 24.5 Å². The van der Waals surface area contributed by atoms with Crippen LogP contribution >= 0.6 is 0 Å². The molecular formula is C11H14N4O3. The first kappa shape index (κ1) is 12.3. The molecule has 1 aliphatic heterocycles. The lowest BCUT2D eigenvalue weighted by Crippen LogP contribution is -2.62. The molecule has 1 saturated heterocycles. The van der Waals surface area contributed by atoms with Crippen LogP contribution in [0, 0.1) is 17.9 Å². The zero-order valence-electron chi connectivity index (χ0n) is 10.2. The Bertz CT molecular complexity index is 512. The Morgan fingerprint density at radius 1 is 1.67 bits per heavy atom. The molecule has 1 aromatic rings. The number of aryl methyl sites for hydroxylation is 1. The minimum Gasteiger partial charge on any atom is -0.530 e. The van der Waals surface area contributed by atoms with Crippen LogP contribution in [0.15, 0.2) is 21.7 Å². The Morgan fingerprint density at radius 3 is 2.78 bits per heavy atom. The van der Waals surface area contributed by atoms with Crippen molar-refractivity contribution in [1.29, 1.82) is 5.53 Å². The van der Waals surface area contributed by atoms with Gasteiger partial charge in [-0.05, 0) is 19.1 Å². The third kappa shape index (κ3) is 2.00. The second kappa shape index (κ2) is 4.27. The molecule has 0 radical (unpaired) electrons. The minimum absolute atomic E-state index is 0.304. The molecule has 1 fully saturated rings. The molecule has 0 spiro atoms. The lowest BCUT2D eigenvalue weighted by atomic mass is 9.74. The highest BCUT2D eigenvalue weighted by molar-refractivity contribution is 5.64. The van der Waals surface area contributed by atoms with Gasteiger partial charge in [0.25, 0.3) is 0 Å². The quantitative estimate of drug-likeness (QED) is 0.634. The van der Waals surface area contributed by atoms with Crippen LogP contribution in [0.25, 0.3) is 0 Å². The van der Waals surface area contributed by atoms with Crippen LogP contribution < -0.4 is 10.0 Å². The smallest absolute Gasteiger partial charge is 0.214 e. The standard InChI is InChI=1S/C11H14N4O3/c1-7-3-4-8(18-7)9(13-14-12)11(2)5-15(6-11)10(16)17/h3-4,9,12H,5-6H2,1-2H3. The predicted molar refractivity (Wildman–Crippen MR) is 58.5 cm³/mol. The van der Waals surface area contributed by atoms with E-state index >= 15 is 0 Å². The number of rotatable bonds is 3. The third-order valence-corrected chi connectivity index (χ3v) is 3.23. The van der Waals surface area contributed by atoms with E-state index in [1.54, 1.807) is 12.1 Å². The fraction of sp³-hybridized carbons (Fsp3) is 0.545. The molecule has 1 amide bonds. The van der Waals surface area contributed by atoms with Gasteiger partial charge in [-0.1, -0.05) is 6.92 Å². The first-order valence-electron chi connectivity index (χ1n) is 5.55. The van der Waals surface area contributed by atoms with E-state index in [1.165, 1.54) is 4.90 Å². The summed E-state index contributed by atoms with van der Waals surface area (Å²) in [5.74, 6) is 1.35. The topological polar surface area (TPSA) is 107 Å². The number of amides is 1. The molecule has 7 heteroatoms. The zero-order chi connectivity index (χ0) is 13.3. The average Bonchev–Trinajstić information content (AvgIpc) is 2.68. The van der Waals surface area contributed by atoms with Crippen LogP contribution in [0.5, 0.6) is 0 Å². The van der Waals surface area contributed by atoms with E-state index in [9.17, 15) is 9.90 Å². The number of carbonyl (C=O) groups is 1. The SMILES string of the molecule is Cc1ccc(C(N=[N+]=N)C2(C)CN(C(=O)[O-])C2)o1. The zero-order valence-corrected chi connectivity index (χ0v) is 10.2. The average molecular weight is 250 g/mol. The highest BCUT2D eigenvalue weighted by Crippen LogP contribution is 2.44. The van der Waals surface area contributed by atoms with Gasteiger partial charge in [-0.25, -0.2) is 0 Å². The summed E-state index contributed by atoms with van der Waals surface area (Å²) in [6.45, 7) is 4.32. The number of carbonyl (C=O) groups excluding carboxylic acids is 1. The fourth-order valence-electron chi connectivity index (χ4n) is 2.33. The van der Waals surface area contributed by atoms with Gasteiger partial charge in [0.1, 0.15) is 28.3 Å². The molecule has 0 bridgehead atoms. The van der Waals surface area contributed by atoms with Gasteiger partial charge >= 0.3 is 0 Å². The summed E-state index contributed by atoms with van der Waals surface area (Å²) in [5, 5.41) is 14.5. The van der Waals surface area contributed by atoms with E-state index in [-0.39, 0.29) is 0 Å². The summed E-state index contributed by atoms with van der Waals surface area (Å²) in [7, 11) is 0. The molecule has 1 N–H and O–H groups in total. The molecule has 18 heavy (non-hydrogen) atoms. The molecule has 2 heterocycles. The van der Waals surface area contributed by atoms with Crippen molar-refractivity contribution in [3.8, 4) is 0 Å². The number of hydrogen-bond donors (Lipinski definition) is 1. The number of hydrogen-bond acceptors (Lipinski definition) is 5. The van der Waals surface area contributed by atoms with Crippen LogP contribution in [-0.2, 0) is 0 Å². The van der Waals surface area contributed by atoms with Crippen molar-refractivity contribution in [2.45, 2.75) is 19.9 Å². The second-order valence-corrected chi connectivity index (χ2v) is 4.84. The van der Waals surface area contributed by atoms with Gasteiger partial charge in [-0.15, -0.1) is 0 Å². The number of nitrogens with zero attached hydrogens (tertiary/aromatic N) is 3. The van der Waals surface area contributed by atoms with Gasteiger partial charge in [0.05, 0.1) is 0 Å². The van der Waals surface area contributed by atoms with Gasteiger partial charge in [0.15, 0.2) is 6.04 Å². The Kier molecular flexibility index (Phi) is 2.92. The van der Waals surface area contributed by atoms with Crippen molar-refractivity contribution >= 4 is 6.09 Å². The molecule has 1 atom stereocenters. The molecule has 96 valence electrons. The summed E-state index contributed by atoms with van der Waals surface area (Å²) in [6.07, 6.45) is -1.19. The molecule has 2 rings (SSSR count). The maximum atomic E-state index is 10.7. The summed E-state index contributed by atoms with van der Waals surface area (Å²) in [6, 6.07) is 3.14. The Hall–Kier alpha value is -2.14. The van der Waals surface area contributed by atoms with E-state index in [2.05, 4.69) is 10.0 Å². The summed E-state index contributed by atoms with van der Waals surface area (Å²) in [4.78, 5) is 15.0. The molecular weight excluding hydrogens is 236 g/mol. The normalized spacial score (nSPS) is 18.7. The highest BCUT2D eigenvalue weighted by Gasteiger charge is 2.50. The summed E-state index contributed by atoms with van der Waals surface area (Å²) in [5.41, 5.74) is 6.47. The van der Waals surface area contributed by atoms with Gasteiger partial charge < -0.3 is 19.2 Å². The lowest BCUT2D eigenvalue weighted by Gasteiger charge is -2.49. The van der Waals surface area contributed by atoms with E-state index < -0.39 is 17.6 Å². The monoisotopic (exact) mass is 250 g/mol. The van der Waals surface area contributed by atoms with Gasteiger partial charge in [-0.3, -0.25) is 0 Å². The van der Waals surface area contributed by atoms with Crippen molar-refractivity contribution in [3.63, 3.8) is 0 Å². The Balaban J connectivity index is 2.22. The fourth-order valence-corrected chi connectivity index (χ4v) is 2.33. The minimum atomic E-state index is -1.19. The Labute approximate surface area is 104 Å². The number of likely N-dealkylation sites (tertiary alicyclic amines) is 1. The van der Waals surface area contributed by atoms with Crippen molar-refractivity contribution in [1.82, 2.24) is 9.81 Å². The first-order chi connectivity index (χ1) is 8.46.